The second kappa shape index (κ2) is 5.27. The number of hydrogen-bond acceptors (Lipinski definition) is 5. The van der Waals surface area contributed by atoms with Crippen LogP contribution in [0.4, 0.5) is 5.82 Å². The molecule has 1 amide bonds. The Morgan fingerprint density at radius 1 is 1.43 bits per heavy atom. The molecule has 0 aliphatic carbocycles. The van der Waals surface area contributed by atoms with Gasteiger partial charge in [0, 0.05) is 24.6 Å². The number of sulfone groups is 1. The number of carbonyl (C=O) groups is 1. The lowest BCUT2D eigenvalue weighted by Gasteiger charge is -2.16. The predicted molar refractivity (Wildman–Crippen MR) is 80.5 cm³/mol. The first-order chi connectivity index (χ1) is 9.95. The van der Waals surface area contributed by atoms with Crippen molar-refractivity contribution < 1.29 is 13.2 Å². The summed E-state index contributed by atoms with van der Waals surface area (Å²) in [5.41, 5.74) is 0.354. The summed E-state index contributed by atoms with van der Waals surface area (Å²) in [7, 11) is -3.27. The number of rotatable bonds is 3. The monoisotopic (exact) mass is 325 g/mol. The van der Waals surface area contributed by atoms with Crippen LogP contribution in [0.25, 0.3) is 0 Å². The maximum atomic E-state index is 12.2. The number of carbonyl (C=O) groups excluding carboxylic acids is 1. The number of anilines is 1. The van der Waals surface area contributed by atoms with Crippen molar-refractivity contribution in [2.24, 2.45) is 0 Å². The quantitative estimate of drug-likeness (QED) is 0.935. The maximum Gasteiger partial charge on any atom is 0.257 e. The van der Waals surface area contributed by atoms with Crippen molar-refractivity contribution in [3.05, 3.63) is 29.0 Å². The summed E-state index contributed by atoms with van der Waals surface area (Å²) in [4.78, 5) is 16.5. The van der Waals surface area contributed by atoms with E-state index in [2.05, 4.69) is 10.3 Å². The van der Waals surface area contributed by atoms with Gasteiger partial charge < -0.3 is 9.88 Å². The first-order valence-electron chi connectivity index (χ1n) is 6.59. The fourth-order valence-corrected chi connectivity index (χ4v) is 4.13. The molecule has 3 heterocycles. The highest BCUT2D eigenvalue weighted by atomic mass is 32.2. The van der Waals surface area contributed by atoms with Crippen molar-refractivity contribution in [2.45, 2.75) is 30.0 Å². The van der Waals surface area contributed by atoms with Crippen LogP contribution in [0.15, 0.2) is 21.9 Å². The molecule has 0 radical (unpaired) electrons. The standard InChI is InChI=1S/C13H15N3O3S2/c1-21(18,19)12-6-9(8-20-12)13(17)15-11-7-14-10-4-2-3-5-16(10)11/h6-8H,2-5H2,1H3,(H,15,17). The number of amides is 1. The first kappa shape index (κ1) is 14.3. The Hall–Kier alpha value is -1.67. The van der Waals surface area contributed by atoms with E-state index in [-0.39, 0.29) is 10.1 Å². The summed E-state index contributed by atoms with van der Waals surface area (Å²) in [5, 5.41) is 4.36. The molecule has 0 spiro atoms. The molecular formula is C13H15N3O3S2. The summed E-state index contributed by atoms with van der Waals surface area (Å²) >= 11 is 1.05. The van der Waals surface area contributed by atoms with Gasteiger partial charge in [-0.25, -0.2) is 13.4 Å². The van der Waals surface area contributed by atoms with Crippen LogP contribution in [0.3, 0.4) is 0 Å². The summed E-state index contributed by atoms with van der Waals surface area (Å²) in [6.07, 6.45) is 5.90. The van der Waals surface area contributed by atoms with Crippen LogP contribution in [-0.2, 0) is 22.8 Å². The van der Waals surface area contributed by atoms with Crippen LogP contribution >= 0.6 is 11.3 Å². The fourth-order valence-electron chi connectivity index (χ4n) is 2.33. The van der Waals surface area contributed by atoms with Crippen LogP contribution in [0.5, 0.6) is 0 Å². The van der Waals surface area contributed by atoms with Gasteiger partial charge in [0.05, 0.1) is 11.8 Å². The summed E-state index contributed by atoms with van der Waals surface area (Å²) < 4.78 is 25.1. The molecule has 6 nitrogen and oxygen atoms in total. The van der Waals surface area contributed by atoms with Gasteiger partial charge in [0.1, 0.15) is 15.9 Å². The second-order valence-electron chi connectivity index (χ2n) is 5.05. The average molecular weight is 325 g/mol. The van der Waals surface area contributed by atoms with Gasteiger partial charge in [-0.2, -0.15) is 0 Å². The van der Waals surface area contributed by atoms with Gasteiger partial charge in [0.15, 0.2) is 9.84 Å². The van der Waals surface area contributed by atoms with Gasteiger partial charge in [-0.15, -0.1) is 11.3 Å². The Kier molecular flexibility index (Phi) is 3.58. The Balaban J connectivity index is 1.81. The molecule has 1 aliphatic rings. The summed E-state index contributed by atoms with van der Waals surface area (Å²) in [6.45, 7) is 0.850. The highest BCUT2D eigenvalue weighted by molar-refractivity contribution is 7.92. The third-order valence-electron chi connectivity index (χ3n) is 3.41. The fraction of sp³-hybridized carbons (Fsp3) is 0.385. The van der Waals surface area contributed by atoms with E-state index in [9.17, 15) is 13.2 Å². The number of thiophene rings is 1. The zero-order chi connectivity index (χ0) is 15.0. The maximum absolute atomic E-state index is 12.2. The van der Waals surface area contributed by atoms with E-state index in [0.29, 0.717) is 11.4 Å². The third-order valence-corrected chi connectivity index (χ3v) is 6.18. The van der Waals surface area contributed by atoms with Gasteiger partial charge in [-0.05, 0) is 18.9 Å². The van der Waals surface area contributed by atoms with E-state index in [4.69, 9.17) is 0 Å². The molecule has 0 saturated heterocycles. The molecule has 112 valence electrons. The molecule has 0 bridgehead atoms. The lowest BCUT2D eigenvalue weighted by Crippen LogP contribution is -2.17. The van der Waals surface area contributed by atoms with Crippen molar-refractivity contribution in [3.63, 3.8) is 0 Å². The minimum atomic E-state index is -3.27. The minimum absolute atomic E-state index is 0.197. The molecule has 2 aromatic rings. The molecule has 0 unspecified atom stereocenters. The lowest BCUT2D eigenvalue weighted by molar-refractivity contribution is 0.102. The lowest BCUT2D eigenvalue weighted by atomic mass is 10.2. The summed E-state index contributed by atoms with van der Waals surface area (Å²) in [5.74, 6) is 1.34. The minimum Gasteiger partial charge on any atom is -0.315 e. The van der Waals surface area contributed by atoms with E-state index in [1.54, 1.807) is 11.6 Å². The topological polar surface area (TPSA) is 81.1 Å². The Morgan fingerprint density at radius 3 is 2.95 bits per heavy atom. The Bertz CT molecular complexity index is 789. The van der Waals surface area contributed by atoms with Crippen LogP contribution in [-0.4, -0.2) is 30.1 Å². The highest BCUT2D eigenvalue weighted by Crippen LogP contribution is 2.23. The predicted octanol–water partition coefficient (Wildman–Crippen LogP) is 1.94. The van der Waals surface area contributed by atoms with E-state index < -0.39 is 9.84 Å². The molecular weight excluding hydrogens is 310 g/mol. The number of nitrogens with zero attached hydrogens (tertiary/aromatic N) is 2. The van der Waals surface area contributed by atoms with E-state index in [1.165, 1.54) is 6.07 Å². The van der Waals surface area contributed by atoms with Crippen LogP contribution in [0.1, 0.15) is 29.0 Å². The SMILES string of the molecule is CS(=O)(=O)c1cc(C(=O)Nc2cnc3n2CCCC3)cs1. The van der Waals surface area contributed by atoms with Crippen LogP contribution in [0.2, 0.25) is 0 Å². The molecule has 0 fully saturated rings. The molecule has 1 N–H and O–H groups in total. The van der Waals surface area contributed by atoms with Crippen molar-refractivity contribution in [1.82, 2.24) is 9.55 Å². The smallest absolute Gasteiger partial charge is 0.257 e. The molecule has 1 aliphatic heterocycles. The van der Waals surface area contributed by atoms with Crippen molar-refractivity contribution in [3.8, 4) is 0 Å². The van der Waals surface area contributed by atoms with E-state index in [1.807, 2.05) is 4.57 Å². The normalized spacial score (nSPS) is 14.7. The van der Waals surface area contributed by atoms with Crippen molar-refractivity contribution >= 4 is 32.9 Å². The number of hydrogen-bond donors (Lipinski definition) is 1. The molecule has 3 rings (SSSR count). The van der Waals surface area contributed by atoms with E-state index >= 15 is 0 Å². The summed E-state index contributed by atoms with van der Waals surface area (Å²) in [6, 6.07) is 1.41. The zero-order valence-corrected chi connectivity index (χ0v) is 13.1. The molecule has 0 saturated carbocycles. The highest BCUT2D eigenvalue weighted by Gasteiger charge is 2.18. The number of aromatic nitrogens is 2. The number of aryl methyl sites for hydroxylation is 1. The molecule has 8 heteroatoms. The van der Waals surface area contributed by atoms with Gasteiger partial charge in [-0.1, -0.05) is 0 Å². The van der Waals surface area contributed by atoms with E-state index in [0.717, 1.165) is 49.2 Å². The van der Waals surface area contributed by atoms with Crippen LogP contribution in [0, 0.1) is 0 Å². The molecule has 2 aromatic heterocycles. The number of nitrogens with one attached hydrogen (secondary N) is 1. The molecule has 0 aromatic carbocycles. The van der Waals surface area contributed by atoms with Crippen LogP contribution < -0.4 is 5.32 Å². The zero-order valence-electron chi connectivity index (χ0n) is 11.5. The number of imidazole rings is 1. The third kappa shape index (κ3) is 2.86. The number of fused-ring (bicyclic) bond motifs is 1. The average Bonchev–Trinajstić information content (AvgIpc) is 3.05. The molecule has 21 heavy (non-hydrogen) atoms. The van der Waals surface area contributed by atoms with Gasteiger partial charge >= 0.3 is 0 Å². The Morgan fingerprint density at radius 2 is 2.24 bits per heavy atom. The second-order valence-corrected chi connectivity index (χ2v) is 8.20. The van der Waals surface area contributed by atoms with Gasteiger partial charge in [-0.3, -0.25) is 4.79 Å². The van der Waals surface area contributed by atoms with Gasteiger partial charge in [0.25, 0.3) is 5.91 Å². The van der Waals surface area contributed by atoms with Crippen molar-refractivity contribution in [1.29, 1.82) is 0 Å². The largest absolute Gasteiger partial charge is 0.315 e. The Labute approximate surface area is 126 Å². The van der Waals surface area contributed by atoms with Crippen molar-refractivity contribution in [2.75, 3.05) is 11.6 Å². The van der Waals surface area contributed by atoms with Gasteiger partial charge in [0.2, 0.25) is 0 Å². The first-order valence-corrected chi connectivity index (χ1v) is 9.36. The molecule has 0 atom stereocenters.